The van der Waals surface area contributed by atoms with Crippen LogP contribution in [0.2, 0.25) is 0 Å². The normalized spacial score (nSPS) is 14.9. The Hall–Kier alpha value is -1.99. The monoisotopic (exact) mass is 345 g/mol. The summed E-state index contributed by atoms with van der Waals surface area (Å²) in [7, 11) is 0. The Balaban J connectivity index is 1.49. The average molecular weight is 345 g/mol. The third kappa shape index (κ3) is 4.30. The van der Waals surface area contributed by atoms with Gasteiger partial charge in [-0.05, 0) is 25.1 Å². The van der Waals surface area contributed by atoms with E-state index in [0.29, 0.717) is 13.0 Å². The summed E-state index contributed by atoms with van der Waals surface area (Å²) in [4.78, 5) is 25.5. The summed E-state index contributed by atoms with van der Waals surface area (Å²) in [5.41, 5.74) is 6.40. The summed E-state index contributed by atoms with van der Waals surface area (Å²) < 4.78 is 0. The number of hydrogen-bond donors (Lipinski definition) is 1. The first-order valence-corrected chi connectivity index (χ1v) is 9.21. The van der Waals surface area contributed by atoms with E-state index in [1.807, 2.05) is 28.5 Å². The first-order chi connectivity index (χ1) is 11.8. The second-order valence-electron chi connectivity index (χ2n) is 5.86. The highest BCUT2D eigenvalue weighted by Gasteiger charge is 2.22. The van der Waals surface area contributed by atoms with Crippen molar-refractivity contribution in [1.82, 2.24) is 14.9 Å². The second kappa shape index (κ2) is 8.21. The van der Waals surface area contributed by atoms with Crippen LogP contribution in [0.15, 0.2) is 29.8 Å². The largest absolute Gasteiger partial charge is 0.353 e. The lowest BCUT2D eigenvalue weighted by Crippen LogP contribution is -2.49. The molecule has 1 fully saturated rings. The molecule has 0 aromatic carbocycles. The summed E-state index contributed by atoms with van der Waals surface area (Å²) in [6.07, 6.45) is 4.04. The molecule has 3 rings (SSSR count). The van der Waals surface area contributed by atoms with Crippen molar-refractivity contribution in [2.24, 2.45) is 5.73 Å². The van der Waals surface area contributed by atoms with Gasteiger partial charge in [-0.15, -0.1) is 11.3 Å². The summed E-state index contributed by atoms with van der Waals surface area (Å²) in [6.45, 7) is 3.79. The molecule has 0 spiro atoms. The molecular formula is C17H23N5OS. The van der Waals surface area contributed by atoms with Crippen molar-refractivity contribution < 1.29 is 4.79 Å². The van der Waals surface area contributed by atoms with Crippen molar-refractivity contribution in [3.63, 3.8) is 0 Å². The van der Waals surface area contributed by atoms with Crippen molar-refractivity contribution in [3.8, 4) is 0 Å². The Kier molecular flexibility index (Phi) is 5.77. The van der Waals surface area contributed by atoms with E-state index in [-0.39, 0.29) is 5.91 Å². The third-order valence-electron chi connectivity index (χ3n) is 4.13. The summed E-state index contributed by atoms with van der Waals surface area (Å²) in [6, 6.07) is 5.92. The minimum Gasteiger partial charge on any atom is -0.353 e. The van der Waals surface area contributed by atoms with Crippen LogP contribution in [0.5, 0.6) is 0 Å². The van der Waals surface area contributed by atoms with E-state index in [1.54, 1.807) is 17.5 Å². The van der Waals surface area contributed by atoms with Crippen molar-refractivity contribution in [1.29, 1.82) is 0 Å². The Morgan fingerprint density at radius 2 is 2.08 bits per heavy atom. The molecule has 0 aliphatic carbocycles. The minimum absolute atomic E-state index is 0.159. The van der Waals surface area contributed by atoms with E-state index in [9.17, 15) is 4.79 Å². The Bertz CT molecular complexity index is 652. The van der Waals surface area contributed by atoms with Gasteiger partial charge in [-0.1, -0.05) is 6.07 Å². The molecule has 1 aliphatic heterocycles. The molecule has 6 nitrogen and oxygen atoms in total. The molecule has 3 heterocycles. The zero-order valence-electron chi connectivity index (χ0n) is 13.7. The van der Waals surface area contributed by atoms with Crippen molar-refractivity contribution in [2.75, 3.05) is 37.6 Å². The maximum atomic E-state index is 12.5. The van der Waals surface area contributed by atoms with E-state index >= 15 is 0 Å². The van der Waals surface area contributed by atoms with Crippen LogP contribution in [0.25, 0.3) is 0 Å². The Morgan fingerprint density at radius 1 is 1.25 bits per heavy atom. The summed E-state index contributed by atoms with van der Waals surface area (Å²) in [5, 5.41) is 3.07. The number of anilines is 1. The first-order valence-electron chi connectivity index (χ1n) is 8.33. The van der Waals surface area contributed by atoms with Crippen LogP contribution in [0, 0.1) is 0 Å². The molecule has 0 saturated carbocycles. The summed E-state index contributed by atoms with van der Waals surface area (Å²) >= 11 is 1.62. The topological polar surface area (TPSA) is 75.3 Å². The predicted octanol–water partition coefficient (Wildman–Crippen LogP) is 1.32. The molecule has 0 atom stereocenters. The molecule has 1 saturated heterocycles. The van der Waals surface area contributed by atoms with Crippen LogP contribution in [0.3, 0.4) is 0 Å². The van der Waals surface area contributed by atoms with E-state index in [4.69, 9.17) is 5.73 Å². The number of piperazine rings is 1. The quantitative estimate of drug-likeness (QED) is 0.855. The maximum Gasteiger partial charge on any atom is 0.228 e. The average Bonchev–Trinajstić information content (AvgIpc) is 3.08. The molecule has 128 valence electrons. The number of carbonyl (C=O) groups is 1. The van der Waals surface area contributed by atoms with Crippen LogP contribution < -0.4 is 10.6 Å². The lowest BCUT2D eigenvalue weighted by molar-refractivity contribution is -0.130. The number of rotatable bonds is 6. The van der Waals surface area contributed by atoms with Gasteiger partial charge in [0, 0.05) is 44.2 Å². The number of hydrogen-bond acceptors (Lipinski definition) is 6. The fraction of sp³-hybridized carbons (Fsp3) is 0.471. The van der Waals surface area contributed by atoms with Gasteiger partial charge < -0.3 is 15.5 Å². The van der Waals surface area contributed by atoms with Crippen molar-refractivity contribution in [3.05, 3.63) is 40.5 Å². The fourth-order valence-electron chi connectivity index (χ4n) is 2.79. The number of thiazole rings is 1. The van der Waals surface area contributed by atoms with Gasteiger partial charge in [0.2, 0.25) is 5.91 Å². The molecule has 2 aromatic rings. The van der Waals surface area contributed by atoms with Gasteiger partial charge in [0.05, 0.1) is 17.1 Å². The number of nitrogens with zero attached hydrogens (tertiary/aromatic N) is 4. The Labute approximate surface area is 146 Å². The number of nitrogens with two attached hydrogens (primary N) is 1. The van der Waals surface area contributed by atoms with Gasteiger partial charge in [-0.25, -0.2) is 9.97 Å². The number of amides is 1. The molecule has 2 aromatic heterocycles. The number of carbonyl (C=O) groups excluding carboxylic acids is 1. The number of aryl methyl sites for hydroxylation is 1. The molecule has 0 unspecified atom stereocenters. The van der Waals surface area contributed by atoms with E-state index < -0.39 is 0 Å². The Morgan fingerprint density at radius 3 is 2.79 bits per heavy atom. The fourth-order valence-corrected chi connectivity index (χ4v) is 3.63. The highest BCUT2D eigenvalue weighted by Crippen LogP contribution is 2.15. The van der Waals surface area contributed by atoms with Gasteiger partial charge in [-0.3, -0.25) is 4.79 Å². The molecule has 1 amide bonds. The molecule has 0 radical (unpaired) electrons. The lowest BCUT2D eigenvalue weighted by Gasteiger charge is -2.35. The SMILES string of the molecule is NCCCc1nc(CC(=O)N2CCN(c3ccccn3)CC2)cs1. The molecule has 0 bridgehead atoms. The van der Waals surface area contributed by atoms with Gasteiger partial charge in [-0.2, -0.15) is 0 Å². The molecule has 7 heteroatoms. The zero-order valence-corrected chi connectivity index (χ0v) is 14.5. The number of aromatic nitrogens is 2. The van der Waals surface area contributed by atoms with E-state index in [1.165, 1.54) is 0 Å². The van der Waals surface area contributed by atoms with Gasteiger partial charge in [0.1, 0.15) is 5.82 Å². The van der Waals surface area contributed by atoms with Crippen LogP contribution in [-0.2, 0) is 17.6 Å². The second-order valence-corrected chi connectivity index (χ2v) is 6.80. The smallest absolute Gasteiger partial charge is 0.228 e. The van der Waals surface area contributed by atoms with Crippen LogP contribution in [0.4, 0.5) is 5.82 Å². The van der Waals surface area contributed by atoms with Crippen LogP contribution in [-0.4, -0.2) is 53.5 Å². The molecular weight excluding hydrogens is 322 g/mol. The third-order valence-corrected chi connectivity index (χ3v) is 5.09. The highest BCUT2D eigenvalue weighted by molar-refractivity contribution is 7.09. The maximum absolute atomic E-state index is 12.5. The standard InChI is InChI=1S/C17H23N5OS/c18-6-3-5-16-20-14(13-24-16)12-17(23)22-10-8-21(9-11-22)15-4-1-2-7-19-15/h1-2,4,7,13H,3,5-6,8-12,18H2. The zero-order chi connectivity index (χ0) is 16.8. The highest BCUT2D eigenvalue weighted by atomic mass is 32.1. The summed E-state index contributed by atoms with van der Waals surface area (Å²) in [5.74, 6) is 1.14. The molecule has 2 N–H and O–H groups in total. The van der Waals surface area contributed by atoms with E-state index in [0.717, 1.165) is 55.5 Å². The molecule has 24 heavy (non-hydrogen) atoms. The lowest BCUT2D eigenvalue weighted by atomic mass is 10.2. The molecule has 1 aliphatic rings. The van der Waals surface area contributed by atoms with Crippen molar-refractivity contribution >= 4 is 23.1 Å². The number of pyridine rings is 1. The minimum atomic E-state index is 0.159. The first kappa shape index (κ1) is 16.9. The van der Waals surface area contributed by atoms with Gasteiger partial charge >= 0.3 is 0 Å². The predicted molar refractivity (Wildman–Crippen MR) is 96.2 cm³/mol. The van der Waals surface area contributed by atoms with Crippen LogP contribution >= 0.6 is 11.3 Å². The van der Waals surface area contributed by atoms with Crippen molar-refractivity contribution in [2.45, 2.75) is 19.3 Å². The van der Waals surface area contributed by atoms with Gasteiger partial charge in [0.15, 0.2) is 0 Å². The van der Waals surface area contributed by atoms with E-state index in [2.05, 4.69) is 14.9 Å². The van der Waals surface area contributed by atoms with Gasteiger partial charge in [0.25, 0.3) is 0 Å². The van der Waals surface area contributed by atoms with Crippen LogP contribution in [0.1, 0.15) is 17.1 Å².